The van der Waals surface area contributed by atoms with Crippen LogP contribution in [-0.2, 0) is 0 Å². The lowest BCUT2D eigenvalue weighted by atomic mass is 10.1. The van der Waals surface area contributed by atoms with E-state index < -0.39 is 0 Å². The lowest BCUT2D eigenvalue weighted by Gasteiger charge is -2.29. The van der Waals surface area contributed by atoms with Crippen molar-refractivity contribution in [3.05, 3.63) is 51.5 Å². The van der Waals surface area contributed by atoms with Crippen LogP contribution in [0.25, 0.3) is 0 Å². The highest BCUT2D eigenvalue weighted by Gasteiger charge is 2.13. The van der Waals surface area contributed by atoms with Crippen LogP contribution in [0.2, 0.25) is 5.02 Å². The van der Waals surface area contributed by atoms with Crippen molar-refractivity contribution >= 4 is 45.1 Å². The van der Waals surface area contributed by atoms with Crippen LogP contribution in [0.4, 0.5) is 11.4 Å². The third kappa shape index (κ3) is 3.88. The van der Waals surface area contributed by atoms with Crippen molar-refractivity contribution < 1.29 is 5.11 Å². The molecule has 1 saturated heterocycles. The van der Waals surface area contributed by atoms with E-state index in [2.05, 4.69) is 31.9 Å². The molecule has 0 radical (unpaired) electrons. The summed E-state index contributed by atoms with van der Waals surface area (Å²) >= 11 is 9.39. The van der Waals surface area contributed by atoms with Crippen LogP contribution in [0.3, 0.4) is 0 Å². The molecule has 0 saturated carbocycles. The number of aromatic hydroxyl groups is 1. The molecule has 1 N–H and O–H groups in total. The van der Waals surface area contributed by atoms with Gasteiger partial charge in [-0.25, -0.2) is 0 Å². The molecule has 120 valence electrons. The van der Waals surface area contributed by atoms with Crippen molar-refractivity contribution in [2.45, 2.75) is 19.3 Å². The van der Waals surface area contributed by atoms with Crippen LogP contribution in [0.15, 0.2) is 45.9 Å². The Kier molecular flexibility index (Phi) is 5.23. The molecular formula is C18H18BrClN2O. The summed E-state index contributed by atoms with van der Waals surface area (Å²) in [6.45, 7) is 2.14. The Morgan fingerprint density at radius 2 is 1.87 bits per heavy atom. The first-order valence-corrected chi connectivity index (χ1v) is 8.88. The van der Waals surface area contributed by atoms with Gasteiger partial charge in [-0.05, 0) is 43.5 Å². The quantitative estimate of drug-likeness (QED) is 0.694. The fourth-order valence-corrected chi connectivity index (χ4v) is 3.63. The minimum atomic E-state index is 0.0501. The van der Waals surface area contributed by atoms with Gasteiger partial charge in [0.15, 0.2) is 0 Å². The van der Waals surface area contributed by atoms with Crippen LogP contribution in [-0.4, -0.2) is 24.4 Å². The molecule has 0 aromatic heterocycles. The Morgan fingerprint density at radius 1 is 1.13 bits per heavy atom. The van der Waals surface area contributed by atoms with Gasteiger partial charge in [-0.3, -0.25) is 4.99 Å². The maximum atomic E-state index is 10.1. The van der Waals surface area contributed by atoms with E-state index in [4.69, 9.17) is 11.6 Å². The van der Waals surface area contributed by atoms with E-state index in [0.29, 0.717) is 10.6 Å². The Bertz CT molecular complexity index is 727. The zero-order chi connectivity index (χ0) is 16.2. The lowest BCUT2D eigenvalue weighted by molar-refractivity contribution is 0.474. The van der Waals surface area contributed by atoms with Crippen molar-refractivity contribution in [1.82, 2.24) is 0 Å². The first-order chi connectivity index (χ1) is 11.1. The molecule has 23 heavy (non-hydrogen) atoms. The van der Waals surface area contributed by atoms with Gasteiger partial charge in [0.25, 0.3) is 0 Å². The van der Waals surface area contributed by atoms with Gasteiger partial charge in [0.05, 0.1) is 16.4 Å². The SMILES string of the molecule is Oc1c(Cl)cc(Br)cc1C=Nc1ccccc1N1CCCCC1. The average molecular weight is 394 g/mol. The number of phenolic OH excluding ortho intramolecular Hbond substituents is 1. The van der Waals surface area contributed by atoms with Gasteiger partial charge in [0.2, 0.25) is 0 Å². The summed E-state index contributed by atoms with van der Waals surface area (Å²) in [6, 6.07) is 11.6. The predicted octanol–water partition coefficient (Wildman–Crippen LogP) is 5.55. The zero-order valence-electron chi connectivity index (χ0n) is 12.7. The van der Waals surface area contributed by atoms with E-state index in [1.54, 1.807) is 18.3 Å². The average Bonchev–Trinajstić information content (AvgIpc) is 2.58. The molecule has 0 unspecified atom stereocenters. The van der Waals surface area contributed by atoms with Crippen LogP contribution in [0.1, 0.15) is 24.8 Å². The minimum Gasteiger partial charge on any atom is -0.506 e. The molecule has 1 aliphatic rings. The molecule has 0 atom stereocenters. The van der Waals surface area contributed by atoms with Crippen LogP contribution in [0.5, 0.6) is 5.75 Å². The van der Waals surface area contributed by atoms with Gasteiger partial charge in [0.1, 0.15) is 5.75 Å². The molecule has 2 aromatic rings. The first kappa shape index (κ1) is 16.3. The Hall–Kier alpha value is -1.52. The van der Waals surface area contributed by atoms with E-state index in [-0.39, 0.29) is 5.75 Å². The molecule has 0 bridgehead atoms. The highest BCUT2D eigenvalue weighted by Crippen LogP contribution is 2.33. The Morgan fingerprint density at radius 3 is 2.65 bits per heavy atom. The van der Waals surface area contributed by atoms with Crippen molar-refractivity contribution in [2.75, 3.05) is 18.0 Å². The topological polar surface area (TPSA) is 35.8 Å². The molecule has 0 spiro atoms. The normalized spacial score (nSPS) is 15.3. The fourth-order valence-electron chi connectivity index (χ4n) is 2.80. The van der Waals surface area contributed by atoms with E-state index >= 15 is 0 Å². The van der Waals surface area contributed by atoms with E-state index in [0.717, 1.165) is 28.9 Å². The molecule has 1 fully saturated rings. The molecule has 0 amide bonds. The number of benzene rings is 2. The number of hydrogen-bond acceptors (Lipinski definition) is 3. The van der Waals surface area contributed by atoms with Crippen molar-refractivity contribution in [2.24, 2.45) is 4.99 Å². The second-order valence-corrected chi connectivity index (χ2v) is 6.94. The van der Waals surface area contributed by atoms with Gasteiger partial charge in [-0.2, -0.15) is 0 Å². The monoisotopic (exact) mass is 392 g/mol. The van der Waals surface area contributed by atoms with Crippen LogP contribution < -0.4 is 4.90 Å². The fraction of sp³-hybridized carbons (Fsp3) is 0.278. The second-order valence-electron chi connectivity index (χ2n) is 5.62. The number of halogens is 2. The number of aliphatic imine (C=N–C) groups is 1. The number of para-hydroxylation sites is 2. The van der Waals surface area contributed by atoms with E-state index in [9.17, 15) is 5.11 Å². The summed E-state index contributed by atoms with van der Waals surface area (Å²) in [4.78, 5) is 6.97. The highest BCUT2D eigenvalue weighted by atomic mass is 79.9. The van der Waals surface area contributed by atoms with Crippen molar-refractivity contribution in [3.8, 4) is 5.75 Å². The van der Waals surface area contributed by atoms with Gasteiger partial charge in [-0.15, -0.1) is 0 Å². The molecular weight excluding hydrogens is 376 g/mol. The number of phenols is 1. The lowest BCUT2D eigenvalue weighted by Crippen LogP contribution is -2.29. The van der Waals surface area contributed by atoms with Crippen LogP contribution in [0, 0.1) is 0 Å². The molecule has 5 heteroatoms. The van der Waals surface area contributed by atoms with E-state index in [1.165, 1.54) is 19.3 Å². The number of rotatable bonds is 3. The second kappa shape index (κ2) is 7.37. The highest BCUT2D eigenvalue weighted by molar-refractivity contribution is 9.10. The zero-order valence-corrected chi connectivity index (χ0v) is 15.0. The predicted molar refractivity (Wildman–Crippen MR) is 101 cm³/mol. The van der Waals surface area contributed by atoms with Gasteiger partial charge < -0.3 is 10.0 Å². The number of hydrogen-bond donors (Lipinski definition) is 1. The minimum absolute atomic E-state index is 0.0501. The van der Waals surface area contributed by atoms with Gasteiger partial charge in [0, 0.05) is 29.3 Å². The van der Waals surface area contributed by atoms with Gasteiger partial charge >= 0.3 is 0 Å². The summed E-state index contributed by atoms with van der Waals surface area (Å²) in [5, 5.41) is 10.4. The summed E-state index contributed by atoms with van der Waals surface area (Å²) in [5.41, 5.74) is 2.65. The molecule has 3 rings (SSSR count). The molecule has 1 heterocycles. The Labute approximate surface area is 149 Å². The Balaban J connectivity index is 1.91. The summed E-state index contributed by atoms with van der Waals surface area (Å²) < 4.78 is 0.811. The first-order valence-electron chi connectivity index (χ1n) is 7.71. The van der Waals surface area contributed by atoms with Crippen molar-refractivity contribution in [1.29, 1.82) is 0 Å². The number of anilines is 1. The van der Waals surface area contributed by atoms with E-state index in [1.807, 2.05) is 18.2 Å². The summed E-state index contributed by atoms with van der Waals surface area (Å²) in [5.74, 6) is 0.0501. The summed E-state index contributed by atoms with van der Waals surface area (Å²) in [6.07, 6.45) is 5.40. The maximum absolute atomic E-state index is 10.1. The molecule has 1 aliphatic heterocycles. The molecule has 3 nitrogen and oxygen atoms in total. The molecule has 2 aromatic carbocycles. The third-order valence-electron chi connectivity index (χ3n) is 3.98. The van der Waals surface area contributed by atoms with Crippen LogP contribution >= 0.6 is 27.5 Å². The third-order valence-corrected chi connectivity index (χ3v) is 4.72. The molecule has 0 aliphatic carbocycles. The summed E-state index contributed by atoms with van der Waals surface area (Å²) in [7, 11) is 0. The maximum Gasteiger partial charge on any atom is 0.143 e. The smallest absolute Gasteiger partial charge is 0.143 e. The number of nitrogens with zero attached hydrogens (tertiary/aromatic N) is 2. The number of piperidine rings is 1. The standard InChI is InChI=1S/C18H18BrClN2O/c19-14-10-13(18(23)15(20)11-14)12-21-16-6-2-3-7-17(16)22-8-4-1-5-9-22/h2-3,6-7,10-12,23H,1,4-5,8-9H2. The van der Waals surface area contributed by atoms with Crippen molar-refractivity contribution in [3.63, 3.8) is 0 Å². The largest absolute Gasteiger partial charge is 0.506 e. The van der Waals surface area contributed by atoms with Gasteiger partial charge in [-0.1, -0.05) is 39.7 Å².